The number of rotatable bonds is 6. The topological polar surface area (TPSA) is 33.7 Å². The lowest BCUT2D eigenvalue weighted by molar-refractivity contribution is -0.0313. The average Bonchev–Trinajstić information content (AvgIpc) is 2.89. The second kappa shape index (κ2) is 7.40. The summed E-state index contributed by atoms with van der Waals surface area (Å²) in [6, 6.07) is 0. The van der Waals surface area contributed by atoms with Gasteiger partial charge in [-0.2, -0.15) is 0 Å². The van der Waals surface area contributed by atoms with Gasteiger partial charge in [-0.05, 0) is 53.5 Å². The lowest BCUT2D eigenvalue weighted by Crippen LogP contribution is -2.52. The third-order valence-electron chi connectivity index (χ3n) is 4.54. The predicted molar refractivity (Wildman–Crippen MR) is 86.7 cm³/mol. The molecule has 0 amide bonds. The van der Waals surface area contributed by atoms with Crippen molar-refractivity contribution in [2.24, 2.45) is 5.41 Å². The minimum Gasteiger partial charge on any atom is -0.381 e. The van der Waals surface area contributed by atoms with E-state index in [2.05, 4.69) is 38.0 Å². The molecule has 1 N–H and O–H groups in total. The molecule has 4 nitrogen and oxygen atoms in total. The molecule has 2 rings (SSSR count). The third-order valence-corrected chi connectivity index (χ3v) is 4.54. The van der Waals surface area contributed by atoms with Crippen LogP contribution in [0.3, 0.4) is 0 Å². The van der Waals surface area contributed by atoms with E-state index in [9.17, 15) is 0 Å². The van der Waals surface area contributed by atoms with Crippen LogP contribution in [0, 0.1) is 5.41 Å². The molecule has 0 spiro atoms. The van der Waals surface area contributed by atoms with Crippen LogP contribution in [0.4, 0.5) is 0 Å². The quantitative estimate of drug-likeness (QED) is 0.816. The Balaban J connectivity index is 1.88. The highest BCUT2D eigenvalue weighted by Crippen LogP contribution is 2.30. The average molecular weight is 298 g/mol. The van der Waals surface area contributed by atoms with Crippen LogP contribution in [0.2, 0.25) is 0 Å². The number of ether oxygens (including phenoxy) is 2. The molecule has 2 fully saturated rings. The van der Waals surface area contributed by atoms with E-state index in [-0.39, 0.29) is 11.0 Å². The maximum absolute atomic E-state index is 5.82. The summed E-state index contributed by atoms with van der Waals surface area (Å²) in [6.07, 6.45) is 5.31. The lowest BCUT2D eigenvalue weighted by atomic mass is 9.81. The minimum absolute atomic E-state index is 0.164. The first-order valence-corrected chi connectivity index (χ1v) is 8.52. The number of nitrogens with zero attached hydrogens (tertiary/aromatic N) is 1. The lowest BCUT2D eigenvalue weighted by Gasteiger charge is -2.42. The van der Waals surface area contributed by atoms with Crippen LogP contribution in [-0.2, 0) is 9.47 Å². The molecule has 0 radical (unpaired) electrons. The van der Waals surface area contributed by atoms with Gasteiger partial charge in [0.25, 0.3) is 0 Å². The van der Waals surface area contributed by atoms with Crippen LogP contribution in [-0.4, -0.2) is 63.0 Å². The molecule has 2 aliphatic rings. The van der Waals surface area contributed by atoms with Crippen LogP contribution in [0.25, 0.3) is 0 Å². The number of likely N-dealkylation sites (N-methyl/N-ethyl adjacent to an activating group) is 1. The van der Waals surface area contributed by atoms with Gasteiger partial charge in [-0.25, -0.2) is 0 Å². The van der Waals surface area contributed by atoms with Gasteiger partial charge in [-0.3, -0.25) is 0 Å². The van der Waals surface area contributed by atoms with Crippen molar-refractivity contribution in [3.63, 3.8) is 0 Å². The summed E-state index contributed by atoms with van der Waals surface area (Å²) in [5, 5.41) is 3.69. The normalized spacial score (nSPS) is 31.0. The van der Waals surface area contributed by atoms with Crippen LogP contribution in [0.5, 0.6) is 0 Å². The molecule has 0 aromatic rings. The molecule has 0 saturated carbocycles. The summed E-state index contributed by atoms with van der Waals surface area (Å²) < 4.78 is 11.6. The van der Waals surface area contributed by atoms with E-state index >= 15 is 0 Å². The molecule has 21 heavy (non-hydrogen) atoms. The molecule has 0 aliphatic carbocycles. The molecule has 124 valence electrons. The van der Waals surface area contributed by atoms with E-state index < -0.39 is 0 Å². The molecular weight excluding hydrogens is 264 g/mol. The number of hydrogen-bond acceptors (Lipinski definition) is 4. The van der Waals surface area contributed by atoms with Crippen molar-refractivity contribution >= 4 is 0 Å². The van der Waals surface area contributed by atoms with Gasteiger partial charge < -0.3 is 19.7 Å². The SMILES string of the molecule is CN(CC1CCCO1)CC1(CNC(C)(C)C)CCCOC1. The van der Waals surface area contributed by atoms with Crippen LogP contribution in [0.15, 0.2) is 0 Å². The van der Waals surface area contributed by atoms with Gasteiger partial charge in [0.1, 0.15) is 0 Å². The fraction of sp³-hybridized carbons (Fsp3) is 1.00. The zero-order chi connectivity index (χ0) is 15.3. The molecule has 2 atom stereocenters. The van der Waals surface area contributed by atoms with E-state index in [1.165, 1.54) is 25.7 Å². The van der Waals surface area contributed by atoms with Crippen molar-refractivity contribution in [2.75, 3.05) is 46.5 Å². The zero-order valence-corrected chi connectivity index (χ0v) is 14.4. The molecular formula is C17H34N2O2. The van der Waals surface area contributed by atoms with E-state index in [1.54, 1.807) is 0 Å². The van der Waals surface area contributed by atoms with Crippen molar-refractivity contribution in [2.45, 2.75) is 58.1 Å². The van der Waals surface area contributed by atoms with Crippen molar-refractivity contribution in [3.8, 4) is 0 Å². The van der Waals surface area contributed by atoms with Gasteiger partial charge in [-0.15, -0.1) is 0 Å². The Bertz CT molecular complexity index is 302. The first-order valence-electron chi connectivity index (χ1n) is 8.52. The summed E-state index contributed by atoms with van der Waals surface area (Å²) in [7, 11) is 2.23. The Hall–Kier alpha value is -0.160. The first kappa shape index (κ1) is 17.2. The highest BCUT2D eigenvalue weighted by atomic mass is 16.5. The van der Waals surface area contributed by atoms with Crippen LogP contribution in [0.1, 0.15) is 46.5 Å². The molecule has 4 heteroatoms. The summed E-state index contributed by atoms with van der Waals surface area (Å²) in [5.74, 6) is 0. The molecule has 2 heterocycles. The van der Waals surface area contributed by atoms with E-state index in [0.29, 0.717) is 6.10 Å². The highest BCUT2D eigenvalue weighted by molar-refractivity contribution is 4.89. The predicted octanol–water partition coefficient (Wildman–Crippen LogP) is 2.28. The van der Waals surface area contributed by atoms with Gasteiger partial charge in [-0.1, -0.05) is 0 Å². The Morgan fingerprint density at radius 2 is 2.05 bits per heavy atom. The summed E-state index contributed by atoms with van der Waals surface area (Å²) in [4.78, 5) is 2.45. The number of nitrogens with one attached hydrogen (secondary N) is 1. The van der Waals surface area contributed by atoms with Crippen molar-refractivity contribution in [1.82, 2.24) is 10.2 Å². The summed E-state index contributed by atoms with van der Waals surface area (Å²) in [5.41, 5.74) is 0.413. The minimum atomic E-state index is 0.164. The maximum atomic E-state index is 5.82. The van der Waals surface area contributed by atoms with E-state index in [4.69, 9.17) is 9.47 Å². The summed E-state index contributed by atoms with van der Waals surface area (Å²) >= 11 is 0. The standard InChI is InChI=1S/C17H34N2O2/c1-16(2,3)18-12-17(8-6-9-20-14-17)13-19(4)11-15-7-5-10-21-15/h15,18H,5-14H2,1-4H3. The van der Waals surface area contributed by atoms with Gasteiger partial charge in [0.2, 0.25) is 0 Å². The van der Waals surface area contributed by atoms with Gasteiger partial charge in [0, 0.05) is 43.8 Å². The Labute approximate surface area is 130 Å². The zero-order valence-electron chi connectivity index (χ0n) is 14.4. The molecule has 0 aromatic heterocycles. The van der Waals surface area contributed by atoms with Crippen molar-refractivity contribution in [1.29, 1.82) is 0 Å². The largest absolute Gasteiger partial charge is 0.381 e. The smallest absolute Gasteiger partial charge is 0.0702 e. The number of hydrogen-bond donors (Lipinski definition) is 1. The first-order chi connectivity index (χ1) is 9.89. The molecule has 2 saturated heterocycles. The monoisotopic (exact) mass is 298 g/mol. The van der Waals surface area contributed by atoms with Gasteiger partial charge >= 0.3 is 0 Å². The third kappa shape index (κ3) is 5.85. The van der Waals surface area contributed by atoms with Gasteiger partial charge in [0.15, 0.2) is 0 Å². The molecule has 0 bridgehead atoms. The van der Waals surface area contributed by atoms with Gasteiger partial charge in [0.05, 0.1) is 12.7 Å². The van der Waals surface area contributed by atoms with Crippen LogP contribution < -0.4 is 5.32 Å². The Morgan fingerprint density at radius 1 is 1.24 bits per heavy atom. The van der Waals surface area contributed by atoms with E-state index in [1.807, 2.05) is 0 Å². The fourth-order valence-electron chi connectivity index (χ4n) is 3.46. The molecule has 2 aliphatic heterocycles. The maximum Gasteiger partial charge on any atom is 0.0702 e. The summed E-state index contributed by atoms with van der Waals surface area (Å²) in [6.45, 7) is 12.6. The van der Waals surface area contributed by atoms with E-state index in [0.717, 1.165) is 39.5 Å². The Kier molecular flexibility index (Phi) is 6.06. The highest BCUT2D eigenvalue weighted by Gasteiger charge is 2.35. The Morgan fingerprint density at radius 3 is 2.62 bits per heavy atom. The van der Waals surface area contributed by atoms with Crippen LogP contribution >= 0.6 is 0 Å². The molecule has 0 aromatic carbocycles. The second-order valence-corrected chi connectivity index (χ2v) is 8.09. The fourth-order valence-corrected chi connectivity index (χ4v) is 3.46. The molecule has 2 unspecified atom stereocenters. The van der Waals surface area contributed by atoms with Crippen molar-refractivity contribution < 1.29 is 9.47 Å². The van der Waals surface area contributed by atoms with Crippen molar-refractivity contribution in [3.05, 3.63) is 0 Å². The second-order valence-electron chi connectivity index (χ2n) is 8.09.